The number of aromatic nitrogens is 1. The Labute approximate surface area is 249 Å². The zero-order chi connectivity index (χ0) is 29.6. The summed E-state index contributed by atoms with van der Waals surface area (Å²) in [5, 5.41) is 19.2. The van der Waals surface area contributed by atoms with Crippen LogP contribution >= 0.6 is 11.6 Å². The third-order valence-corrected chi connectivity index (χ3v) is 9.28. The van der Waals surface area contributed by atoms with Crippen LogP contribution in [0.4, 0.5) is 4.79 Å². The fourth-order valence-corrected chi connectivity index (χ4v) is 6.85. The summed E-state index contributed by atoms with van der Waals surface area (Å²) in [7, 11) is 3.29. The summed E-state index contributed by atoms with van der Waals surface area (Å²) in [6, 6.07) is 8.64. The number of carbonyl (C=O) groups excluding carboxylic acids is 2. The topological polar surface area (TPSA) is 104 Å². The van der Waals surface area contributed by atoms with Crippen LogP contribution in [-0.2, 0) is 15.1 Å². The first-order valence-corrected chi connectivity index (χ1v) is 15.3. The average Bonchev–Trinajstić information content (AvgIpc) is 3.48. The van der Waals surface area contributed by atoms with E-state index in [1.165, 1.54) is 12.7 Å². The number of nitrogens with zero attached hydrogens (tertiary/aromatic N) is 2. The van der Waals surface area contributed by atoms with Crippen LogP contribution in [0.5, 0.6) is 0 Å². The standard InChI is InChI=1S/C32H45ClN4O4/c1-21(2)22-8-5-9-23(16-22)29-27(18-35-19-28(29)33)32(40,13-7-14-36-31(39)41-4)25-10-6-15-37(20-25)30(38)24-11-12-26(17-24)34-3/h5,8-9,16,18-19,21,24-26,34,40H,6-7,10-15,17,20H2,1-4H3,(H,36,39)/t24-,25-,26+,32+/m1/s1. The summed E-state index contributed by atoms with van der Waals surface area (Å²) in [5.41, 5.74) is 2.22. The molecule has 0 unspecified atom stereocenters. The third kappa shape index (κ3) is 7.22. The Morgan fingerprint density at radius 2 is 2.05 bits per heavy atom. The van der Waals surface area contributed by atoms with E-state index in [1.54, 1.807) is 12.4 Å². The zero-order valence-corrected chi connectivity index (χ0v) is 25.5. The van der Waals surface area contributed by atoms with E-state index in [9.17, 15) is 14.7 Å². The Balaban J connectivity index is 1.69. The Morgan fingerprint density at radius 1 is 1.24 bits per heavy atom. The number of amides is 2. The summed E-state index contributed by atoms with van der Waals surface area (Å²) >= 11 is 6.84. The van der Waals surface area contributed by atoms with E-state index >= 15 is 0 Å². The van der Waals surface area contributed by atoms with Crippen molar-refractivity contribution in [1.82, 2.24) is 20.5 Å². The predicted molar refractivity (Wildman–Crippen MR) is 162 cm³/mol. The summed E-state index contributed by atoms with van der Waals surface area (Å²) < 4.78 is 4.72. The number of carbonyl (C=O) groups is 2. The molecular weight excluding hydrogens is 540 g/mol. The minimum atomic E-state index is -1.32. The number of benzene rings is 1. The number of aliphatic hydroxyl groups is 1. The van der Waals surface area contributed by atoms with Crippen molar-refractivity contribution < 1.29 is 19.4 Å². The van der Waals surface area contributed by atoms with Crippen LogP contribution in [0.1, 0.15) is 75.8 Å². The Kier molecular flexibility index (Phi) is 10.7. The Morgan fingerprint density at radius 3 is 2.76 bits per heavy atom. The van der Waals surface area contributed by atoms with Crippen LogP contribution in [0.25, 0.3) is 11.1 Å². The van der Waals surface area contributed by atoms with Gasteiger partial charge in [-0.1, -0.05) is 49.7 Å². The quantitative estimate of drug-likeness (QED) is 0.320. The van der Waals surface area contributed by atoms with Gasteiger partial charge in [-0.3, -0.25) is 9.78 Å². The average molecular weight is 585 g/mol. The number of piperidine rings is 1. The number of hydrogen-bond acceptors (Lipinski definition) is 6. The summed E-state index contributed by atoms with van der Waals surface area (Å²) in [6.45, 7) is 5.82. The van der Waals surface area contributed by atoms with Gasteiger partial charge in [0.2, 0.25) is 5.91 Å². The fraction of sp³-hybridized carbons (Fsp3) is 0.594. The molecule has 2 fully saturated rings. The van der Waals surface area contributed by atoms with Gasteiger partial charge in [-0.2, -0.15) is 0 Å². The minimum absolute atomic E-state index is 0.0192. The molecule has 2 heterocycles. The highest BCUT2D eigenvalue weighted by Gasteiger charge is 2.44. The molecule has 41 heavy (non-hydrogen) atoms. The van der Waals surface area contributed by atoms with Crippen molar-refractivity contribution in [2.75, 3.05) is 33.8 Å². The number of methoxy groups -OCH3 is 1. The number of likely N-dealkylation sites (tertiary alicyclic amines) is 1. The highest BCUT2D eigenvalue weighted by atomic mass is 35.5. The second kappa shape index (κ2) is 14.0. The van der Waals surface area contributed by atoms with Gasteiger partial charge in [0.25, 0.3) is 0 Å². The van der Waals surface area contributed by atoms with Gasteiger partial charge in [0.05, 0.1) is 17.7 Å². The van der Waals surface area contributed by atoms with E-state index in [0.717, 1.165) is 43.2 Å². The highest BCUT2D eigenvalue weighted by Crippen LogP contribution is 2.45. The van der Waals surface area contributed by atoms with Gasteiger partial charge in [0.15, 0.2) is 0 Å². The van der Waals surface area contributed by atoms with E-state index in [2.05, 4.69) is 41.6 Å². The first kappa shape index (κ1) is 31.3. The van der Waals surface area contributed by atoms with Gasteiger partial charge in [-0.25, -0.2) is 4.79 Å². The first-order chi connectivity index (χ1) is 19.7. The number of halogens is 1. The first-order valence-electron chi connectivity index (χ1n) is 14.9. The lowest BCUT2D eigenvalue weighted by atomic mass is 9.72. The van der Waals surface area contributed by atoms with E-state index in [1.807, 2.05) is 24.1 Å². The Hall–Kier alpha value is -2.68. The van der Waals surface area contributed by atoms with Crippen LogP contribution < -0.4 is 10.6 Å². The smallest absolute Gasteiger partial charge is 0.406 e. The molecule has 2 aliphatic rings. The van der Waals surface area contributed by atoms with Crippen molar-refractivity contribution in [2.24, 2.45) is 11.8 Å². The van der Waals surface area contributed by atoms with E-state index < -0.39 is 11.7 Å². The number of pyridine rings is 1. The molecule has 8 nitrogen and oxygen atoms in total. The van der Waals surface area contributed by atoms with Crippen LogP contribution in [0, 0.1) is 11.8 Å². The van der Waals surface area contributed by atoms with Gasteiger partial charge in [-0.15, -0.1) is 0 Å². The van der Waals surface area contributed by atoms with Crippen molar-refractivity contribution in [2.45, 2.75) is 76.4 Å². The lowest BCUT2D eigenvalue weighted by Crippen LogP contribution is -2.50. The number of ether oxygens (including phenoxy) is 1. The van der Waals surface area contributed by atoms with Gasteiger partial charge in [0, 0.05) is 61.0 Å². The highest BCUT2D eigenvalue weighted by molar-refractivity contribution is 6.33. The third-order valence-electron chi connectivity index (χ3n) is 9.00. The second-order valence-corrected chi connectivity index (χ2v) is 12.3. The molecule has 1 aromatic carbocycles. The normalized spacial score (nSPS) is 22.4. The molecular formula is C32H45ClN4O4. The van der Waals surface area contributed by atoms with Crippen molar-refractivity contribution in [3.63, 3.8) is 0 Å². The minimum Gasteiger partial charge on any atom is -0.453 e. The van der Waals surface area contributed by atoms with Crippen molar-refractivity contribution in [3.8, 4) is 11.1 Å². The molecule has 2 aromatic rings. The van der Waals surface area contributed by atoms with Crippen LogP contribution in [-0.4, -0.2) is 66.8 Å². The molecule has 1 saturated heterocycles. The number of alkyl carbamates (subject to hydrolysis) is 1. The molecule has 224 valence electrons. The van der Waals surface area contributed by atoms with Crippen molar-refractivity contribution in [1.29, 1.82) is 0 Å². The largest absolute Gasteiger partial charge is 0.453 e. The van der Waals surface area contributed by atoms with E-state index in [-0.39, 0.29) is 17.7 Å². The van der Waals surface area contributed by atoms with Crippen LogP contribution in [0.15, 0.2) is 36.7 Å². The molecule has 3 N–H and O–H groups in total. The molecule has 2 amide bonds. The molecule has 1 aliphatic carbocycles. The monoisotopic (exact) mass is 584 g/mol. The van der Waals surface area contributed by atoms with Crippen LogP contribution in [0.3, 0.4) is 0 Å². The number of nitrogens with one attached hydrogen (secondary N) is 2. The van der Waals surface area contributed by atoms with Gasteiger partial charge in [-0.05, 0) is 69.0 Å². The molecule has 4 atom stereocenters. The van der Waals surface area contributed by atoms with Gasteiger partial charge < -0.3 is 25.4 Å². The maximum atomic E-state index is 13.6. The van der Waals surface area contributed by atoms with Crippen LogP contribution in [0.2, 0.25) is 5.02 Å². The molecule has 0 radical (unpaired) electrons. The molecule has 1 saturated carbocycles. The predicted octanol–water partition coefficient (Wildman–Crippen LogP) is 5.48. The molecule has 0 spiro atoms. The summed E-state index contributed by atoms with van der Waals surface area (Å²) in [5.74, 6) is 0.326. The fourth-order valence-electron chi connectivity index (χ4n) is 6.58. The van der Waals surface area contributed by atoms with Gasteiger partial charge in [0.1, 0.15) is 0 Å². The molecule has 0 bridgehead atoms. The summed E-state index contributed by atoms with van der Waals surface area (Å²) in [4.78, 5) is 31.7. The Bertz CT molecular complexity index is 1210. The van der Waals surface area contributed by atoms with Gasteiger partial charge >= 0.3 is 6.09 Å². The van der Waals surface area contributed by atoms with E-state index in [4.69, 9.17) is 16.3 Å². The maximum absolute atomic E-state index is 13.6. The zero-order valence-electron chi connectivity index (χ0n) is 24.8. The second-order valence-electron chi connectivity index (χ2n) is 11.9. The number of rotatable bonds is 10. The molecule has 1 aliphatic heterocycles. The van der Waals surface area contributed by atoms with Crippen molar-refractivity contribution in [3.05, 3.63) is 52.8 Å². The summed E-state index contributed by atoms with van der Waals surface area (Å²) in [6.07, 6.45) is 8.07. The molecule has 1 aromatic heterocycles. The molecule has 4 rings (SSSR count). The van der Waals surface area contributed by atoms with E-state index in [0.29, 0.717) is 55.0 Å². The lowest BCUT2D eigenvalue weighted by molar-refractivity contribution is -0.140. The number of hydrogen-bond donors (Lipinski definition) is 3. The lowest BCUT2D eigenvalue weighted by Gasteiger charge is -2.44. The molecule has 9 heteroatoms. The maximum Gasteiger partial charge on any atom is 0.406 e. The SMILES string of the molecule is CN[C@H]1CC[C@@H](C(=O)N2CCC[C@@H]([C@@](O)(CCCNC(=O)OC)c3cncc(Cl)c3-c3cccc(C(C)C)c3)C2)C1. The van der Waals surface area contributed by atoms with Crippen molar-refractivity contribution >= 4 is 23.6 Å².